The molecule has 0 spiro atoms. The molecule has 2 aromatic rings. The molecule has 0 saturated carbocycles. The highest BCUT2D eigenvalue weighted by Gasteiger charge is 2.23. The summed E-state index contributed by atoms with van der Waals surface area (Å²) in [7, 11) is 0. The average molecular weight is 252 g/mol. The topological polar surface area (TPSA) is 80.4 Å². The number of rotatable bonds is 1. The van der Waals surface area contributed by atoms with Crippen LogP contribution in [0, 0.1) is 0 Å². The molecule has 3 N–H and O–H groups in total. The Morgan fingerprint density at radius 3 is 2.68 bits per heavy atom. The van der Waals surface area contributed by atoms with Crippen LogP contribution in [0.15, 0.2) is 53.7 Å². The number of nitrogens with one attached hydrogen (secondary N) is 1. The lowest BCUT2D eigenvalue weighted by molar-refractivity contribution is -0.117. The van der Waals surface area contributed by atoms with Crippen molar-refractivity contribution >= 4 is 17.3 Å². The molecule has 1 unspecified atom stereocenters. The molecule has 1 atom stereocenters. The van der Waals surface area contributed by atoms with Crippen molar-refractivity contribution in [2.75, 3.05) is 5.32 Å². The Morgan fingerprint density at radius 1 is 1.11 bits per heavy atom. The summed E-state index contributed by atoms with van der Waals surface area (Å²) in [6, 6.07) is 13.1. The van der Waals surface area contributed by atoms with Gasteiger partial charge in [0.2, 0.25) is 0 Å². The summed E-state index contributed by atoms with van der Waals surface area (Å²) in [6.45, 7) is 0. The van der Waals surface area contributed by atoms with E-state index in [0.29, 0.717) is 17.1 Å². The number of benzene rings is 1. The minimum atomic E-state index is -0.926. The second kappa shape index (κ2) is 4.62. The number of hydrogen-bond acceptors (Lipinski definition) is 4. The van der Waals surface area contributed by atoms with Crippen LogP contribution in [0.4, 0.5) is 5.69 Å². The van der Waals surface area contributed by atoms with Gasteiger partial charge in [0, 0.05) is 11.8 Å². The first-order valence-corrected chi connectivity index (χ1v) is 5.91. The summed E-state index contributed by atoms with van der Waals surface area (Å²) in [5.74, 6) is -0.333. The van der Waals surface area contributed by atoms with Gasteiger partial charge in [-0.2, -0.15) is 0 Å². The van der Waals surface area contributed by atoms with Gasteiger partial charge in [0.05, 0.1) is 11.4 Å². The first-order chi connectivity index (χ1) is 9.25. The van der Waals surface area contributed by atoms with Crippen LogP contribution in [0.3, 0.4) is 0 Å². The molecule has 94 valence electrons. The molecule has 1 amide bonds. The SMILES string of the molecule is NC1N=C(c2ccccc2)c2ncccc2NC1=O. The van der Waals surface area contributed by atoms with E-state index < -0.39 is 6.17 Å². The number of carbonyl (C=O) groups excluding carboxylic acids is 1. The van der Waals surface area contributed by atoms with Gasteiger partial charge in [-0.3, -0.25) is 14.8 Å². The maximum Gasteiger partial charge on any atom is 0.263 e. The highest BCUT2D eigenvalue weighted by atomic mass is 16.2. The van der Waals surface area contributed by atoms with Crippen LogP contribution in [0.5, 0.6) is 0 Å². The summed E-state index contributed by atoms with van der Waals surface area (Å²) >= 11 is 0. The van der Waals surface area contributed by atoms with Crippen molar-refractivity contribution in [2.24, 2.45) is 10.7 Å². The minimum Gasteiger partial charge on any atom is -0.321 e. The Hall–Kier alpha value is -2.53. The molecule has 0 bridgehead atoms. The Kier molecular flexibility index (Phi) is 2.81. The zero-order valence-corrected chi connectivity index (χ0v) is 10.1. The van der Waals surface area contributed by atoms with Crippen molar-refractivity contribution in [3.8, 4) is 0 Å². The molecule has 1 aliphatic rings. The van der Waals surface area contributed by atoms with Crippen molar-refractivity contribution in [3.05, 3.63) is 59.9 Å². The smallest absolute Gasteiger partial charge is 0.263 e. The number of fused-ring (bicyclic) bond motifs is 1. The summed E-state index contributed by atoms with van der Waals surface area (Å²) in [5, 5.41) is 2.73. The van der Waals surface area contributed by atoms with Crippen molar-refractivity contribution in [1.82, 2.24) is 4.98 Å². The van der Waals surface area contributed by atoms with E-state index in [0.717, 1.165) is 5.56 Å². The Balaban J connectivity index is 2.21. The maximum absolute atomic E-state index is 11.8. The maximum atomic E-state index is 11.8. The van der Waals surface area contributed by atoms with Crippen molar-refractivity contribution in [3.63, 3.8) is 0 Å². The number of nitrogens with zero attached hydrogens (tertiary/aromatic N) is 2. The molecule has 0 saturated heterocycles. The highest BCUT2D eigenvalue weighted by molar-refractivity contribution is 6.18. The molecular formula is C14H12N4O. The molecule has 1 aromatic heterocycles. The third kappa shape index (κ3) is 2.11. The van der Waals surface area contributed by atoms with E-state index in [-0.39, 0.29) is 5.91 Å². The third-order valence-corrected chi connectivity index (χ3v) is 2.87. The first-order valence-electron chi connectivity index (χ1n) is 5.91. The Labute approximate surface area is 110 Å². The lowest BCUT2D eigenvalue weighted by atomic mass is 10.1. The monoisotopic (exact) mass is 252 g/mol. The molecule has 19 heavy (non-hydrogen) atoms. The van der Waals surface area contributed by atoms with Crippen molar-refractivity contribution in [1.29, 1.82) is 0 Å². The van der Waals surface area contributed by atoms with E-state index in [1.165, 1.54) is 0 Å². The summed E-state index contributed by atoms with van der Waals surface area (Å²) in [4.78, 5) is 20.4. The van der Waals surface area contributed by atoms with Gasteiger partial charge in [-0.25, -0.2) is 0 Å². The average Bonchev–Trinajstić information content (AvgIpc) is 2.58. The number of aromatic nitrogens is 1. The number of anilines is 1. The van der Waals surface area contributed by atoms with Gasteiger partial charge in [0.1, 0.15) is 5.69 Å². The minimum absolute atomic E-state index is 0.333. The molecule has 0 fully saturated rings. The van der Waals surface area contributed by atoms with Crippen LogP contribution in [0.1, 0.15) is 11.3 Å². The number of nitrogens with two attached hydrogens (primary N) is 1. The van der Waals surface area contributed by atoms with Crippen LogP contribution in [-0.2, 0) is 4.79 Å². The van der Waals surface area contributed by atoms with E-state index in [1.807, 2.05) is 30.3 Å². The lowest BCUT2D eigenvalue weighted by Gasteiger charge is -2.07. The fraction of sp³-hybridized carbons (Fsp3) is 0.0714. The van der Waals surface area contributed by atoms with Gasteiger partial charge in [-0.05, 0) is 12.1 Å². The van der Waals surface area contributed by atoms with Gasteiger partial charge in [-0.1, -0.05) is 30.3 Å². The van der Waals surface area contributed by atoms with Crippen LogP contribution in [0.2, 0.25) is 0 Å². The summed E-state index contributed by atoms with van der Waals surface area (Å²) < 4.78 is 0. The quantitative estimate of drug-likeness (QED) is 0.799. The Morgan fingerprint density at radius 2 is 1.89 bits per heavy atom. The first kappa shape index (κ1) is 11.6. The molecular weight excluding hydrogens is 240 g/mol. The number of amides is 1. The highest BCUT2D eigenvalue weighted by Crippen LogP contribution is 2.20. The van der Waals surface area contributed by atoms with E-state index in [2.05, 4.69) is 15.3 Å². The largest absolute Gasteiger partial charge is 0.321 e. The summed E-state index contributed by atoms with van der Waals surface area (Å²) in [6.07, 6.45) is 0.740. The molecule has 5 nitrogen and oxygen atoms in total. The van der Waals surface area contributed by atoms with Crippen LogP contribution < -0.4 is 11.1 Å². The molecule has 1 aromatic carbocycles. The Bertz CT molecular complexity index is 652. The van der Waals surface area contributed by atoms with E-state index in [9.17, 15) is 4.79 Å². The number of carbonyl (C=O) groups is 1. The van der Waals surface area contributed by atoms with Gasteiger partial charge < -0.3 is 11.1 Å². The fourth-order valence-corrected chi connectivity index (χ4v) is 1.97. The van der Waals surface area contributed by atoms with Gasteiger partial charge in [0.15, 0.2) is 6.17 Å². The van der Waals surface area contributed by atoms with E-state index in [1.54, 1.807) is 18.3 Å². The zero-order valence-electron chi connectivity index (χ0n) is 10.1. The number of hydrogen-bond donors (Lipinski definition) is 2. The fourth-order valence-electron chi connectivity index (χ4n) is 1.97. The van der Waals surface area contributed by atoms with Crippen molar-refractivity contribution in [2.45, 2.75) is 6.17 Å². The second-order valence-corrected chi connectivity index (χ2v) is 4.18. The van der Waals surface area contributed by atoms with Gasteiger partial charge >= 0.3 is 0 Å². The zero-order chi connectivity index (χ0) is 13.2. The molecule has 3 rings (SSSR count). The van der Waals surface area contributed by atoms with Gasteiger partial charge in [-0.15, -0.1) is 0 Å². The molecule has 2 heterocycles. The van der Waals surface area contributed by atoms with E-state index in [4.69, 9.17) is 5.73 Å². The van der Waals surface area contributed by atoms with Crippen LogP contribution in [-0.4, -0.2) is 22.8 Å². The standard InChI is InChI=1S/C14H12N4O/c15-13-14(19)17-10-7-4-8-16-12(10)11(18-13)9-5-2-1-3-6-9/h1-8,13H,15H2,(H,17,19). The van der Waals surface area contributed by atoms with Crippen LogP contribution >= 0.6 is 0 Å². The van der Waals surface area contributed by atoms with Crippen LogP contribution in [0.25, 0.3) is 0 Å². The molecule has 1 aliphatic heterocycles. The predicted octanol–water partition coefficient (Wildman–Crippen LogP) is 1.16. The lowest BCUT2D eigenvalue weighted by Crippen LogP contribution is -2.33. The molecule has 5 heteroatoms. The van der Waals surface area contributed by atoms with Gasteiger partial charge in [0.25, 0.3) is 5.91 Å². The third-order valence-electron chi connectivity index (χ3n) is 2.87. The number of aliphatic imine (C=N–C) groups is 1. The molecule has 0 aliphatic carbocycles. The number of pyridine rings is 1. The molecule has 0 radical (unpaired) electrons. The normalized spacial score (nSPS) is 18.1. The van der Waals surface area contributed by atoms with Crippen molar-refractivity contribution < 1.29 is 4.79 Å². The summed E-state index contributed by atoms with van der Waals surface area (Å²) in [5.41, 5.74) is 8.53. The predicted molar refractivity (Wildman–Crippen MR) is 72.9 cm³/mol. The second-order valence-electron chi connectivity index (χ2n) is 4.18. The van der Waals surface area contributed by atoms with E-state index >= 15 is 0 Å².